The summed E-state index contributed by atoms with van der Waals surface area (Å²) in [6.45, 7) is 1.81. The number of amides is 1. The van der Waals surface area contributed by atoms with Crippen molar-refractivity contribution in [2.24, 2.45) is 5.92 Å². The molecule has 2 heterocycles. The van der Waals surface area contributed by atoms with E-state index in [-0.39, 0.29) is 17.9 Å². The van der Waals surface area contributed by atoms with E-state index in [1.165, 1.54) is 0 Å². The van der Waals surface area contributed by atoms with E-state index in [2.05, 4.69) is 5.16 Å². The lowest BCUT2D eigenvalue weighted by atomic mass is 10.1. The van der Waals surface area contributed by atoms with Crippen molar-refractivity contribution in [1.82, 2.24) is 10.1 Å². The molecule has 4 rings (SSSR count). The van der Waals surface area contributed by atoms with E-state index in [1.54, 1.807) is 14.2 Å². The number of nitrogens with zero attached hydrogens (tertiary/aromatic N) is 2. The van der Waals surface area contributed by atoms with Crippen LogP contribution in [0.15, 0.2) is 28.8 Å². The third kappa shape index (κ3) is 4.14. The molecule has 150 valence electrons. The van der Waals surface area contributed by atoms with E-state index in [4.69, 9.17) is 18.7 Å². The Labute approximate surface area is 164 Å². The quantitative estimate of drug-likeness (QED) is 0.693. The molecule has 0 bridgehead atoms. The van der Waals surface area contributed by atoms with Crippen molar-refractivity contribution in [2.75, 3.05) is 27.4 Å². The second kappa shape index (κ2) is 8.22. The Hall–Kier alpha value is -2.54. The van der Waals surface area contributed by atoms with Crippen LogP contribution in [-0.2, 0) is 16.1 Å². The minimum Gasteiger partial charge on any atom is -0.497 e. The van der Waals surface area contributed by atoms with Gasteiger partial charge < -0.3 is 23.6 Å². The van der Waals surface area contributed by atoms with Crippen molar-refractivity contribution in [3.05, 3.63) is 30.0 Å². The van der Waals surface area contributed by atoms with Gasteiger partial charge in [-0.2, -0.15) is 0 Å². The molecule has 0 N–H and O–H groups in total. The zero-order valence-electron chi connectivity index (χ0n) is 16.3. The predicted octanol–water partition coefficient (Wildman–Crippen LogP) is 3.28. The van der Waals surface area contributed by atoms with Gasteiger partial charge in [-0.25, -0.2) is 0 Å². The van der Waals surface area contributed by atoms with Gasteiger partial charge in [0.25, 0.3) is 0 Å². The molecule has 2 aromatic rings. The minimum atomic E-state index is 0.118. The Bertz CT molecular complexity index is 824. The van der Waals surface area contributed by atoms with Crippen LogP contribution >= 0.6 is 0 Å². The number of methoxy groups -OCH3 is 2. The van der Waals surface area contributed by atoms with Crippen molar-refractivity contribution in [3.8, 4) is 22.8 Å². The van der Waals surface area contributed by atoms with E-state index in [0.29, 0.717) is 36.0 Å². The van der Waals surface area contributed by atoms with Crippen LogP contribution in [0.4, 0.5) is 0 Å². The first-order valence-electron chi connectivity index (χ1n) is 9.76. The van der Waals surface area contributed by atoms with Crippen molar-refractivity contribution < 1.29 is 23.5 Å². The standard InChI is InChI=1S/C21H26N2O5/c1-25-16-7-8-19(26-2)18(11-16)20-10-15(22-28-20)12-23(21(24)14-5-6-14)13-17-4-3-9-27-17/h7-8,10-11,14,17H,3-6,9,12-13H2,1-2H3/t17-/m0/s1. The molecular weight excluding hydrogens is 360 g/mol. The summed E-state index contributed by atoms with van der Waals surface area (Å²) in [5, 5.41) is 4.19. The number of carbonyl (C=O) groups excluding carboxylic acids is 1. The number of rotatable bonds is 8. The first kappa shape index (κ1) is 18.8. The summed E-state index contributed by atoms with van der Waals surface area (Å²) in [6.07, 6.45) is 4.13. The maximum atomic E-state index is 12.7. The zero-order valence-corrected chi connectivity index (χ0v) is 16.3. The first-order valence-corrected chi connectivity index (χ1v) is 9.76. The Balaban J connectivity index is 1.53. The molecule has 2 aliphatic rings. The van der Waals surface area contributed by atoms with Crippen LogP contribution in [0.3, 0.4) is 0 Å². The molecule has 1 aromatic heterocycles. The van der Waals surface area contributed by atoms with Gasteiger partial charge >= 0.3 is 0 Å². The highest BCUT2D eigenvalue weighted by atomic mass is 16.5. The highest BCUT2D eigenvalue weighted by Gasteiger charge is 2.35. The van der Waals surface area contributed by atoms with Gasteiger partial charge in [0.2, 0.25) is 5.91 Å². The number of hydrogen-bond donors (Lipinski definition) is 0. The van der Waals surface area contributed by atoms with Crippen molar-refractivity contribution >= 4 is 5.91 Å². The molecule has 0 radical (unpaired) electrons. The van der Waals surface area contributed by atoms with E-state index >= 15 is 0 Å². The van der Waals surface area contributed by atoms with Crippen molar-refractivity contribution in [1.29, 1.82) is 0 Å². The lowest BCUT2D eigenvalue weighted by Crippen LogP contribution is -2.37. The first-order chi connectivity index (χ1) is 13.7. The molecule has 1 saturated carbocycles. The Morgan fingerprint density at radius 2 is 2.07 bits per heavy atom. The number of carbonyl (C=O) groups is 1. The van der Waals surface area contributed by atoms with Crippen LogP contribution in [0, 0.1) is 5.92 Å². The van der Waals surface area contributed by atoms with Crippen LogP contribution in [0.2, 0.25) is 0 Å². The molecule has 0 unspecified atom stereocenters. The summed E-state index contributed by atoms with van der Waals surface area (Å²) < 4.78 is 22.0. The fourth-order valence-corrected chi connectivity index (χ4v) is 3.57. The second-order valence-electron chi connectivity index (χ2n) is 7.38. The molecule has 28 heavy (non-hydrogen) atoms. The Kier molecular flexibility index (Phi) is 5.52. The largest absolute Gasteiger partial charge is 0.497 e. The van der Waals surface area contributed by atoms with Gasteiger partial charge in [0, 0.05) is 25.1 Å². The van der Waals surface area contributed by atoms with Crippen LogP contribution < -0.4 is 9.47 Å². The van der Waals surface area contributed by atoms with E-state index in [9.17, 15) is 4.79 Å². The maximum absolute atomic E-state index is 12.7. The third-order valence-electron chi connectivity index (χ3n) is 5.27. The average Bonchev–Trinajstić information content (AvgIpc) is 3.25. The number of benzene rings is 1. The topological polar surface area (TPSA) is 74.0 Å². The fourth-order valence-electron chi connectivity index (χ4n) is 3.57. The highest BCUT2D eigenvalue weighted by Crippen LogP contribution is 2.35. The summed E-state index contributed by atoms with van der Waals surface area (Å²) >= 11 is 0. The molecule has 1 aliphatic carbocycles. The van der Waals surface area contributed by atoms with Crippen LogP contribution in [-0.4, -0.2) is 49.4 Å². The molecule has 1 amide bonds. The van der Waals surface area contributed by atoms with Crippen LogP contribution in [0.1, 0.15) is 31.4 Å². The van der Waals surface area contributed by atoms with E-state index in [1.807, 2.05) is 29.2 Å². The second-order valence-corrected chi connectivity index (χ2v) is 7.38. The molecular formula is C21H26N2O5. The van der Waals surface area contributed by atoms with Gasteiger partial charge in [-0.15, -0.1) is 0 Å². The van der Waals surface area contributed by atoms with Gasteiger partial charge in [-0.1, -0.05) is 5.16 Å². The highest BCUT2D eigenvalue weighted by molar-refractivity contribution is 5.81. The van der Waals surface area contributed by atoms with E-state index < -0.39 is 0 Å². The molecule has 0 spiro atoms. The molecule has 1 saturated heterocycles. The molecule has 2 fully saturated rings. The van der Waals surface area contributed by atoms with Crippen LogP contribution in [0.25, 0.3) is 11.3 Å². The van der Waals surface area contributed by atoms with Crippen molar-refractivity contribution in [3.63, 3.8) is 0 Å². The zero-order chi connectivity index (χ0) is 19.5. The maximum Gasteiger partial charge on any atom is 0.226 e. The summed E-state index contributed by atoms with van der Waals surface area (Å²) in [4.78, 5) is 14.6. The molecule has 1 aliphatic heterocycles. The average molecular weight is 386 g/mol. The predicted molar refractivity (Wildman–Crippen MR) is 102 cm³/mol. The van der Waals surface area contributed by atoms with Gasteiger partial charge in [0.15, 0.2) is 5.76 Å². The van der Waals surface area contributed by atoms with Gasteiger partial charge in [0.05, 0.1) is 32.4 Å². The fraction of sp³-hybridized carbons (Fsp3) is 0.524. The van der Waals surface area contributed by atoms with Crippen LogP contribution in [0.5, 0.6) is 11.5 Å². The third-order valence-corrected chi connectivity index (χ3v) is 5.27. The Morgan fingerprint density at radius 3 is 2.75 bits per heavy atom. The van der Waals surface area contributed by atoms with Gasteiger partial charge in [-0.05, 0) is 43.9 Å². The molecule has 7 nitrogen and oxygen atoms in total. The monoisotopic (exact) mass is 386 g/mol. The normalized spacial score (nSPS) is 18.9. The SMILES string of the molecule is COc1ccc(OC)c(-c2cc(CN(C[C@@H]3CCCO3)C(=O)C3CC3)no2)c1. The van der Waals surface area contributed by atoms with Gasteiger partial charge in [-0.3, -0.25) is 4.79 Å². The summed E-state index contributed by atoms with van der Waals surface area (Å²) in [7, 11) is 3.23. The lowest BCUT2D eigenvalue weighted by molar-refractivity contribution is -0.134. The van der Waals surface area contributed by atoms with Crippen molar-refractivity contribution in [2.45, 2.75) is 38.3 Å². The smallest absolute Gasteiger partial charge is 0.226 e. The lowest BCUT2D eigenvalue weighted by Gasteiger charge is -2.24. The van der Waals surface area contributed by atoms with Gasteiger partial charge in [0.1, 0.15) is 17.2 Å². The van der Waals surface area contributed by atoms with E-state index in [0.717, 1.165) is 37.9 Å². The number of aromatic nitrogens is 1. The molecule has 7 heteroatoms. The minimum absolute atomic E-state index is 0.118. The number of hydrogen-bond acceptors (Lipinski definition) is 6. The molecule has 1 atom stereocenters. The molecule has 1 aromatic carbocycles. The number of ether oxygens (including phenoxy) is 3. The summed E-state index contributed by atoms with van der Waals surface area (Å²) in [6, 6.07) is 7.37. The summed E-state index contributed by atoms with van der Waals surface area (Å²) in [5.74, 6) is 2.32. The summed E-state index contributed by atoms with van der Waals surface area (Å²) in [5.41, 5.74) is 1.48. The Morgan fingerprint density at radius 1 is 1.21 bits per heavy atom.